The van der Waals surface area contributed by atoms with Crippen LogP contribution in [-0.4, -0.2) is 30.3 Å². The Bertz CT molecular complexity index is 775. The summed E-state index contributed by atoms with van der Waals surface area (Å²) in [6, 6.07) is 7.61. The van der Waals surface area contributed by atoms with Gasteiger partial charge in [-0.15, -0.1) is 0 Å². The Kier molecular flexibility index (Phi) is 3.87. The highest BCUT2D eigenvalue weighted by Gasteiger charge is 2.39. The molecular weight excluding hydrogens is 302 g/mol. The molecule has 1 aliphatic rings. The lowest BCUT2D eigenvalue weighted by Crippen LogP contribution is -2.48. The Morgan fingerprint density at radius 3 is 2.73 bits per heavy atom. The fraction of sp³-hybridized carbons (Fsp3) is 0.250. The first kappa shape index (κ1) is 15.0. The van der Waals surface area contributed by atoms with Gasteiger partial charge in [0.15, 0.2) is 0 Å². The third-order valence-electron chi connectivity index (χ3n) is 3.79. The molecule has 0 radical (unpaired) electrons. The number of aromatic nitrogens is 2. The van der Waals surface area contributed by atoms with Gasteiger partial charge in [0.25, 0.3) is 0 Å². The van der Waals surface area contributed by atoms with Crippen LogP contribution in [0.3, 0.4) is 0 Å². The van der Waals surface area contributed by atoms with Crippen LogP contribution in [0.4, 0.5) is 0 Å². The van der Waals surface area contributed by atoms with Crippen LogP contribution in [0.1, 0.15) is 5.69 Å². The number of allylic oxidation sites excluding steroid dienone is 1. The summed E-state index contributed by atoms with van der Waals surface area (Å²) in [4.78, 5) is 8.61. The lowest BCUT2D eigenvalue weighted by Gasteiger charge is -2.34. The number of hydrogen-bond donors (Lipinski definition) is 1. The molecule has 0 spiro atoms. The van der Waals surface area contributed by atoms with Crippen molar-refractivity contribution < 1.29 is 9.47 Å². The van der Waals surface area contributed by atoms with Crippen LogP contribution in [0.2, 0.25) is 5.28 Å². The third-order valence-corrected chi connectivity index (χ3v) is 3.95. The minimum Gasteiger partial charge on any atom is -0.497 e. The van der Waals surface area contributed by atoms with E-state index in [0.29, 0.717) is 11.5 Å². The molecule has 5 nitrogen and oxygen atoms in total. The van der Waals surface area contributed by atoms with Crippen molar-refractivity contribution in [2.24, 2.45) is 5.73 Å². The van der Waals surface area contributed by atoms with Gasteiger partial charge in [-0.2, -0.15) is 0 Å². The number of rotatable bonds is 3. The van der Waals surface area contributed by atoms with Crippen LogP contribution in [-0.2, 0) is 15.0 Å². The molecule has 0 fully saturated rings. The van der Waals surface area contributed by atoms with E-state index < -0.39 is 11.6 Å². The molecule has 3 rings (SSSR count). The number of benzene rings is 1. The molecule has 2 aromatic rings. The first-order chi connectivity index (χ1) is 10.6. The van der Waals surface area contributed by atoms with Crippen molar-refractivity contribution in [1.82, 2.24) is 9.97 Å². The van der Waals surface area contributed by atoms with Crippen LogP contribution in [0.25, 0.3) is 10.9 Å². The van der Waals surface area contributed by atoms with Gasteiger partial charge >= 0.3 is 0 Å². The van der Waals surface area contributed by atoms with Gasteiger partial charge in [-0.3, -0.25) is 0 Å². The largest absolute Gasteiger partial charge is 0.497 e. The van der Waals surface area contributed by atoms with E-state index in [9.17, 15) is 0 Å². The van der Waals surface area contributed by atoms with Crippen molar-refractivity contribution in [3.05, 3.63) is 59.2 Å². The Labute approximate surface area is 133 Å². The SMILES string of the molecule is COC1=CC(OC)C(N)(c2nc(Cl)nc3ccccc23)C=C1. The van der Waals surface area contributed by atoms with Crippen LogP contribution in [0, 0.1) is 0 Å². The maximum Gasteiger partial charge on any atom is 0.223 e. The first-order valence-electron chi connectivity index (χ1n) is 6.78. The molecule has 2 unspecified atom stereocenters. The maximum absolute atomic E-state index is 6.63. The predicted molar refractivity (Wildman–Crippen MR) is 85.4 cm³/mol. The van der Waals surface area contributed by atoms with Crippen molar-refractivity contribution in [3.8, 4) is 0 Å². The topological polar surface area (TPSA) is 70.3 Å². The molecule has 1 aromatic heterocycles. The third kappa shape index (κ3) is 2.37. The average molecular weight is 318 g/mol. The molecule has 0 bridgehead atoms. The zero-order chi connectivity index (χ0) is 15.7. The summed E-state index contributed by atoms with van der Waals surface area (Å²) < 4.78 is 10.8. The van der Waals surface area contributed by atoms with E-state index in [2.05, 4.69) is 9.97 Å². The number of halogens is 1. The first-order valence-corrected chi connectivity index (χ1v) is 7.16. The number of nitrogens with zero attached hydrogens (tertiary/aromatic N) is 2. The van der Waals surface area contributed by atoms with Crippen LogP contribution < -0.4 is 5.73 Å². The highest BCUT2D eigenvalue weighted by Crippen LogP contribution is 2.34. The van der Waals surface area contributed by atoms with E-state index >= 15 is 0 Å². The normalized spacial score (nSPS) is 24.4. The summed E-state index contributed by atoms with van der Waals surface area (Å²) in [5.74, 6) is 0.692. The predicted octanol–water partition coefficient (Wildman–Crippen LogP) is 2.55. The molecule has 1 heterocycles. The molecule has 0 saturated heterocycles. The molecule has 2 atom stereocenters. The second-order valence-electron chi connectivity index (χ2n) is 5.05. The summed E-state index contributed by atoms with van der Waals surface area (Å²) in [7, 11) is 3.20. The van der Waals surface area contributed by atoms with E-state index in [1.54, 1.807) is 20.3 Å². The average Bonchev–Trinajstić information content (AvgIpc) is 2.54. The molecule has 0 aliphatic heterocycles. The van der Waals surface area contributed by atoms with Crippen molar-refractivity contribution in [1.29, 1.82) is 0 Å². The lowest BCUT2D eigenvalue weighted by atomic mass is 9.83. The van der Waals surface area contributed by atoms with Crippen molar-refractivity contribution in [3.63, 3.8) is 0 Å². The minimum absolute atomic E-state index is 0.156. The van der Waals surface area contributed by atoms with Gasteiger partial charge in [-0.1, -0.05) is 24.3 Å². The fourth-order valence-electron chi connectivity index (χ4n) is 2.65. The van der Waals surface area contributed by atoms with Gasteiger partial charge < -0.3 is 15.2 Å². The van der Waals surface area contributed by atoms with E-state index in [4.69, 9.17) is 26.8 Å². The summed E-state index contributed by atoms with van der Waals surface area (Å²) >= 11 is 6.07. The summed E-state index contributed by atoms with van der Waals surface area (Å²) in [5.41, 5.74) is 7.04. The standard InChI is InChI=1S/C16H16ClN3O2/c1-21-10-7-8-16(18,13(9-10)22-2)14-11-5-3-4-6-12(11)19-15(17)20-14/h3-9,13H,18H2,1-2H3. The van der Waals surface area contributed by atoms with Gasteiger partial charge in [0.05, 0.1) is 18.3 Å². The van der Waals surface area contributed by atoms with E-state index in [1.165, 1.54) is 0 Å². The molecule has 0 amide bonds. The van der Waals surface area contributed by atoms with E-state index in [0.717, 1.165) is 10.9 Å². The van der Waals surface area contributed by atoms with E-state index in [1.807, 2.05) is 36.4 Å². The Hall–Kier alpha value is -1.95. The molecular formula is C16H16ClN3O2. The fourth-order valence-corrected chi connectivity index (χ4v) is 2.82. The molecule has 114 valence electrons. The number of hydrogen-bond acceptors (Lipinski definition) is 5. The van der Waals surface area contributed by atoms with Gasteiger partial charge in [-0.25, -0.2) is 9.97 Å². The summed E-state index contributed by atoms with van der Waals surface area (Å²) in [5, 5.41) is 0.999. The van der Waals surface area contributed by atoms with Crippen LogP contribution in [0.5, 0.6) is 0 Å². The molecule has 22 heavy (non-hydrogen) atoms. The molecule has 1 aliphatic carbocycles. The van der Waals surface area contributed by atoms with Gasteiger partial charge in [-0.05, 0) is 29.8 Å². The number of fused-ring (bicyclic) bond motifs is 1. The maximum atomic E-state index is 6.63. The zero-order valence-corrected chi connectivity index (χ0v) is 13.0. The molecule has 2 N–H and O–H groups in total. The second kappa shape index (κ2) is 5.68. The lowest BCUT2D eigenvalue weighted by molar-refractivity contribution is 0.0828. The number of para-hydroxylation sites is 1. The molecule has 1 aromatic carbocycles. The quantitative estimate of drug-likeness (QED) is 0.881. The van der Waals surface area contributed by atoms with Crippen LogP contribution in [0.15, 0.2) is 48.3 Å². The Morgan fingerprint density at radius 1 is 1.23 bits per heavy atom. The van der Waals surface area contributed by atoms with Gasteiger partial charge in [0.1, 0.15) is 17.4 Å². The smallest absolute Gasteiger partial charge is 0.223 e. The number of nitrogens with two attached hydrogens (primary N) is 1. The minimum atomic E-state index is -0.955. The summed E-state index contributed by atoms with van der Waals surface area (Å²) in [6.45, 7) is 0. The zero-order valence-electron chi connectivity index (χ0n) is 12.3. The number of ether oxygens (including phenoxy) is 2. The monoisotopic (exact) mass is 317 g/mol. The summed E-state index contributed by atoms with van der Waals surface area (Å²) in [6.07, 6.45) is 5.03. The highest BCUT2D eigenvalue weighted by atomic mass is 35.5. The number of methoxy groups -OCH3 is 2. The molecule has 0 saturated carbocycles. The highest BCUT2D eigenvalue weighted by molar-refractivity contribution is 6.28. The van der Waals surface area contributed by atoms with Gasteiger partial charge in [0.2, 0.25) is 5.28 Å². The van der Waals surface area contributed by atoms with E-state index in [-0.39, 0.29) is 5.28 Å². The van der Waals surface area contributed by atoms with Crippen molar-refractivity contribution >= 4 is 22.5 Å². The van der Waals surface area contributed by atoms with Gasteiger partial charge in [0, 0.05) is 12.5 Å². The van der Waals surface area contributed by atoms with Crippen molar-refractivity contribution in [2.75, 3.05) is 14.2 Å². The Balaban J connectivity index is 2.22. The Morgan fingerprint density at radius 2 is 2.00 bits per heavy atom. The second-order valence-corrected chi connectivity index (χ2v) is 5.39. The molecule has 6 heteroatoms. The van der Waals surface area contributed by atoms with Crippen LogP contribution >= 0.6 is 11.6 Å². The van der Waals surface area contributed by atoms with Crippen molar-refractivity contribution in [2.45, 2.75) is 11.6 Å².